The van der Waals surface area contributed by atoms with Crippen molar-refractivity contribution in [3.63, 3.8) is 0 Å². The third-order valence-electron chi connectivity index (χ3n) is 5.80. The van der Waals surface area contributed by atoms with Crippen molar-refractivity contribution in [2.45, 2.75) is 26.0 Å². The van der Waals surface area contributed by atoms with Gasteiger partial charge in [0.1, 0.15) is 6.61 Å². The summed E-state index contributed by atoms with van der Waals surface area (Å²) in [6.07, 6.45) is 2.74. The molecule has 3 aromatic rings. The molecule has 11 nitrogen and oxygen atoms in total. The number of aromatic nitrogens is 3. The Morgan fingerprint density at radius 2 is 1.97 bits per heavy atom. The number of anilines is 1. The van der Waals surface area contributed by atoms with Crippen LogP contribution >= 0.6 is 23.2 Å². The molecule has 1 saturated heterocycles. The normalized spacial score (nSPS) is 14.0. The number of nitrogen functional groups attached to an aromatic ring is 1. The standard InChI is InChI=1S/C23H24Cl2N6O5/c24-16-2-1-3-17(25)15(16)12-35-18-8-14(9-27-20(18)26)21(33)28-10-19-29-22(36-30-19)23(34)31-6-4-13(11-32)5-7-31/h1-3,8-9,13,32H,4-7,10-12H2,(H2,26,27)(H,28,33). The van der Waals surface area contributed by atoms with Gasteiger partial charge in [0, 0.05) is 41.5 Å². The van der Waals surface area contributed by atoms with Crippen LogP contribution in [0.5, 0.6) is 5.75 Å². The summed E-state index contributed by atoms with van der Waals surface area (Å²) in [6, 6.07) is 6.55. The zero-order valence-corrected chi connectivity index (χ0v) is 20.6. The monoisotopic (exact) mass is 534 g/mol. The van der Waals surface area contributed by atoms with Crippen LogP contribution in [0.25, 0.3) is 0 Å². The Labute approximate surface area is 216 Å². The molecule has 0 aliphatic carbocycles. The Balaban J connectivity index is 1.34. The Hall–Kier alpha value is -3.41. The molecule has 4 N–H and O–H groups in total. The van der Waals surface area contributed by atoms with Gasteiger partial charge < -0.3 is 30.3 Å². The largest absolute Gasteiger partial charge is 0.485 e. The quantitative estimate of drug-likeness (QED) is 0.395. The number of hydrogen-bond donors (Lipinski definition) is 3. The first-order chi connectivity index (χ1) is 17.4. The number of nitrogens with two attached hydrogens (primary N) is 1. The van der Waals surface area contributed by atoms with Crippen molar-refractivity contribution in [1.29, 1.82) is 0 Å². The lowest BCUT2D eigenvalue weighted by Crippen LogP contribution is -2.39. The Kier molecular flexibility index (Phi) is 8.24. The van der Waals surface area contributed by atoms with E-state index in [-0.39, 0.29) is 60.4 Å². The smallest absolute Gasteiger partial charge is 0.316 e. The first-order valence-corrected chi connectivity index (χ1v) is 11.9. The number of pyridine rings is 1. The molecular formula is C23H24Cl2N6O5. The van der Waals surface area contributed by atoms with Crippen LogP contribution in [0.15, 0.2) is 35.0 Å². The number of nitrogens with zero attached hydrogens (tertiary/aromatic N) is 4. The molecule has 4 rings (SSSR count). The molecule has 0 spiro atoms. The third kappa shape index (κ3) is 6.04. The Bertz CT molecular complexity index is 1230. The maximum absolute atomic E-state index is 12.6. The molecule has 3 heterocycles. The van der Waals surface area contributed by atoms with E-state index in [4.69, 9.17) is 38.2 Å². The first kappa shape index (κ1) is 25.7. The molecule has 0 radical (unpaired) electrons. The lowest BCUT2D eigenvalue weighted by molar-refractivity contribution is 0.0603. The van der Waals surface area contributed by atoms with Crippen molar-refractivity contribution in [2.75, 3.05) is 25.4 Å². The number of piperidine rings is 1. The summed E-state index contributed by atoms with van der Waals surface area (Å²) < 4.78 is 10.8. The number of amides is 2. The van der Waals surface area contributed by atoms with Crippen molar-refractivity contribution in [1.82, 2.24) is 25.3 Å². The van der Waals surface area contributed by atoms with Crippen molar-refractivity contribution in [3.05, 3.63) is 63.3 Å². The van der Waals surface area contributed by atoms with Gasteiger partial charge in [-0.05, 0) is 37.0 Å². The summed E-state index contributed by atoms with van der Waals surface area (Å²) in [4.78, 5) is 34.9. The summed E-state index contributed by atoms with van der Waals surface area (Å²) >= 11 is 12.3. The van der Waals surface area contributed by atoms with Gasteiger partial charge in [0.15, 0.2) is 17.4 Å². The highest BCUT2D eigenvalue weighted by molar-refractivity contribution is 6.35. The maximum Gasteiger partial charge on any atom is 0.316 e. The molecule has 2 amide bonds. The molecule has 1 aliphatic rings. The molecule has 0 unspecified atom stereocenters. The number of rotatable bonds is 8. The summed E-state index contributed by atoms with van der Waals surface area (Å²) in [5.74, 6) is -0.373. The molecule has 0 atom stereocenters. The topological polar surface area (TPSA) is 157 Å². The van der Waals surface area contributed by atoms with E-state index < -0.39 is 5.91 Å². The van der Waals surface area contributed by atoms with Gasteiger partial charge in [-0.1, -0.05) is 34.4 Å². The number of aliphatic hydroxyl groups is 1. The second-order valence-corrected chi connectivity index (χ2v) is 9.03. The molecule has 1 aliphatic heterocycles. The van der Waals surface area contributed by atoms with Crippen molar-refractivity contribution in [3.8, 4) is 5.75 Å². The predicted molar refractivity (Wildman–Crippen MR) is 131 cm³/mol. The van der Waals surface area contributed by atoms with Crippen LogP contribution < -0.4 is 15.8 Å². The van der Waals surface area contributed by atoms with Gasteiger partial charge in [-0.25, -0.2) is 4.98 Å². The summed E-state index contributed by atoms with van der Waals surface area (Å²) in [6.45, 7) is 1.09. The third-order valence-corrected chi connectivity index (χ3v) is 6.50. The Morgan fingerprint density at radius 3 is 2.67 bits per heavy atom. The van der Waals surface area contributed by atoms with Gasteiger partial charge in [0.05, 0.1) is 12.1 Å². The fraction of sp³-hybridized carbons (Fsp3) is 0.348. The molecule has 190 valence electrons. The van der Waals surface area contributed by atoms with Crippen LogP contribution in [0.4, 0.5) is 5.82 Å². The molecular weight excluding hydrogens is 511 g/mol. The summed E-state index contributed by atoms with van der Waals surface area (Å²) in [5.41, 5.74) is 6.66. The van der Waals surface area contributed by atoms with E-state index in [2.05, 4.69) is 20.4 Å². The van der Waals surface area contributed by atoms with Gasteiger partial charge in [0.25, 0.3) is 5.91 Å². The van der Waals surface area contributed by atoms with Crippen molar-refractivity contribution >= 4 is 40.8 Å². The van der Waals surface area contributed by atoms with Gasteiger partial charge in [-0.15, -0.1) is 0 Å². The molecule has 0 saturated carbocycles. The molecule has 1 fully saturated rings. The van der Waals surface area contributed by atoms with Crippen molar-refractivity contribution in [2.24, 2.45) is 5.92 Å². The van der Waals surface area contributed by atoms with Gasteiger partial charge in [0.2, 0.25) is 0 Å². The minimum absolute atomic E-state index is 0.0345. The van der Waals surface area contributed by atoms with Crippen LogP contribution in [0.3, 0.4) is 0 Å². The van der Waals surface area contributed by atoms with Crippen LogP contribution in [-0.4, -0.2) is 56.6 Å². The minimum Gasteiger partial charge on any atom is -0.485 e. The molecule has 0 bridgehead atoms. The number of hydrogen-bond acceptors (Lipinski definition) is 9. The minimum atomic E-state index is -0.480. The maximum atomic E-state index is 12.6. The molecule has 36 heavy (non-hydrogen) atoms. The predicted octanol–water partition coefficient (Wildman–Crippen LogP) is 2.71. The van der Waals surface area contributed by atoms with E-state index in [1.54, 1.807) is 23.1 Å². The highest BCUT2D eigenvalue weighted by Gasteiger charge is 2.27. The second kappa shape index (κ2) is 11.5. The zero-order valence-electron chi connectivity index (χ0n) is 19.1. The fourth-order valence-electron chi connectivity index (χ4n) is 3.64. The second-order valence-electron chi connectivity index (χ2n) is 8.21. The molecule has 2 aromatic heterocycles. The van der Waals surface area contributed by atoms with E-state index in [9.17, 15) is 14.7 Å². The number of nitrogens with one attached hydrogen (secondary N) is 1. The Morgan fingerprint density at radius 1 is 1.25 bits per heavy atom. The van der Waals surface area contributed by atoms with Crippen LogP contribution in [0.1, 0.15) is 45.3 Å². The van der Waals surface area contributed by atoms with E-state index in [1.807, 2.05) is 0 Å². The lowest BCUT2D eigenvalue weighted by atomic mass is 9.98. The van der Waals surface area contributed by atoms with E-state index in [0.29, 0.717) is 41.5 Å². The zero-order chi connectivity index (χ0) is 25.7. The highest BCUT2D eigenvalue weighted by atomic mass is 35.5. The van der Waals surface area contributed by atoms with Gasteiger partial charge in [-0.3, -0.25) is 9.59 Å². The molecule has 13 heteroatoms. The SMILES string of the molecule is Nc1ncc(C(=O)NCc2noc(C(=O)N3CCC(CO)CC3)n2)cc1OCc1c(Cl)cccc1Cl. The number of ether oxygens (including phenoxy) is 1. The van der Waals surface area contributed by atoms with Crippen LogP contribution in [0.2, 0.25) is 10.0 Å². The lowest BCUT2D eigenvalue weighted by Gasteiger charge is -2.29. The van der Waals surface area contributed by atoms with E-state index in [1.165, 1.54) is 12.3 Å². The van der Waals surface area contributed by atoms with Crippen LogP contribution in [0, 0.1) is 5.92 Å². The number of aliphatic hydroxyl groups excluding tert-OH is 1. The number of carbonyl (C=O) groups excluding carboxylic acids is 2. The fourth-order valence-corrected chi connectivity index (χ4v) is 4.15. The van der Waals surface area contributed by atoms with Crippen LogP contribution in [-0.2, 0) is 13.2 Å². The summed E-state index contributed by atoms with van der Waals surface area (Å²) in [7, 11) is 0. The van der Waals surface area contributed by atoms with E-state index >= 15 is 0 Å². The highest BCUT2D eigenvalue weighted by Crippen LogP contribution is 2.28. The number of likely N-dealkylation sites (tertiary alicyclic amines) is 1. The van der Waals surface area contributed by atoms with Gasteiger partial charge in [-0.2, -0.15) is 4.98 Å². The first-order valence-electron chi connectivity index (χ1n) is 11.2. The number of halogens is 2. The van der Waals surface area contributed by atoms with Crippen molar-refractivity contribution < 1.29 is 24.0 Å². The average Bonchev–Trinajstić information content (AvgIpc) is 3.36. The number of benzene rings is 1. The number of carbonyl (C=O) groups is 2. The summed E-state index contributed by atoms with van der Waals surface area (Å²) in [5, 5.41) is 16.5. The van der Waals surface area contributed by atoms with E-state index in [0.717, 1.165) is 0 Å². The molecule has 1 aromatic carbocycles. The average molecular weight is 535 g/mol. The van der Waals surface area contributed by atoms with Gasteiger partial charge >= 0.3 is 11.8 Å².